The van der Waals surface area contributed by atoms with Gasteiger partial charge in [0, 0.05) is 5.56 Å². The van der Waals surface area contributed by atoms with Crippen molar-refractivity contribution in [1.29, 1.82) is 0 Å². The van der Waals surface area contributed by atoms with Crippen LogP contribution in [0.2, 0.25) is 0 Å². The van der Waals surface area contributed by atoms with Gasteiger partial charge in [0.15, 0.2) is 6.61 Å². The number of aliphatic hydroxyl groups excluding tert-OH is 1. The van der Waals surface area contributed by atoms with Crippen molar-refractivity contribution in [3.8, 4) is 5.75 Å². The molecule has 0 atom stereocenters. The summed E-state index contributed by atoms with van der Waals surface area (Å²) in [5.74, 6) is 0.341. The summed E-state index contributed by atoms with van der Waals surface area (Å²) in [5, 5.41) is 12.0. The Morgan fingerprint density at radius 3 is 2.58 bits per heavy atom. The highest BCUT2D eigenvalue weighted by atomic mass is 16.5. The molecule has 26 heavy (non-hydrogen) atoms. The van der Waals surface area contributed by atoms with Crippen LogP contribution in [-0.4, -0.2) is 35.7 Å². The first kappa shape index (κ1) is 17.9. The molecule has 0 bridgehead atoms. The van der Waals surface area contributed by atoms with Gasteiger partial charge in [-0.1, -0.05) is 24.3 Å². The summed E-state index contributed by atoms with van der Waals surface area (Å²) in [6, 6.07) is 14.5. The number of carbonyl (C=O) groups is 2. The lowest BCUT2D eigenvalue weighted by atomic mass is 10.1. The average molecular weight is 354 g/mol. The molecule has 0 fully saturated rings. The molecule has 2 N–H and O–H groups in total. The number of benzene rings is 2. The highest BCUT2D eigenvalue weighted by Crippen LogP contribution is 2.32. The van der Waals surface area contributed by atoms with E-state index in [1.165, 1.54) is 0 Å². The first-order chi connectivity index (χ1) is 12.4. The minimum absolute atomic E-state index is 0.0216. The van der Waals surface area contributed by atoms with Crippen molar-refractivity contribution < 1.29 is 19.4 Å². The second kappa shape index (κ2) is 7.17. The normalized spacial score (nSPS) is 13.8. The molecule has 0 radical (unpaired) electrons. The molecule has 2 aromatic carbocycles. The van der Waals surface area contributed by atoms with E-state index in [1.54, 1.807) is 30.9 Å². The second-order valence-electron chi connectivity index (χ2n) is 6.93. The fraction of sp³-hybridized carbons (Fsp3) is 0.300. The van der Waals surface area contributed by atoms with Crippen molar-refractivity contribution in [2.24, 2.45) is 0 Å². The maximum Gasteiger partial charge on any atom is 0.265 e. The van der Waals surface area contributed by atoms with Gasteiger partial charge in [-0.25, -0.2) is 0 Å². The van der Waals surface area contributed by atoms with E-state index >= 15 is 0 Å². The number of ether oxygens (including phenoxy) is 1. The lowest BCUT2D eigenvalue weighted by molar-refractivity contribution is -0.121. The molecule has 136 valence electrons. The van der Waals surface area contributed by atoms with Crippen molar-refractivity contribution >= 4 is 17.5 Å². The van der Waals surface area contributed by atoms with Crippen molar-refractivity contribution in [2.75, 3.05) is 18.1 Å². The monoisotopic (exact) mass is 354 g/mol. The Balaban J connectivity index is 1.74. The number of nitrogens with one attached hydrogen (secondary N) is 1. The SMILES string of the molecule is CC(C)(CO)NC(=O)c1ccc(CN2C(=O)COc3ccccc32)cc1. The summed E-state index contributed by atoms with van der Waals surface area (Å²) in [4.78, 5) is 26.2. The molecular formula is C20H22N2O4. The van der Waals surface area contributed by atoms with Gasteiger partial charge in [-0.05, 0) is 43.7 Å². The fourth-order valence-corrected chi connectivity index (χ4v) is 2.69. The van der Waals surface area contributed by atoms with E-state index in [9.17, 15) is 14.7 Å². The predicted molar refractivity (Wildman–Crippen MR) is 98.2 cm³/mol. The number of fused-ring (bicyclic) bond motifs is 1. The molecule has 1 aliphatic heterocycles. The third kappa shape index (κ3) is 3.86. The van der Waals surface area contributed by atoms with Gasteiger partial charge in [-0.15, -0.1) is 0 Å². The topological polar surface area (TPSA) is 78.9 Å². The Morgan fingerprint density at radius 1 is 1.19 bits per heavy atom. The number of hydrogen-bond donors (Lipinski definition) is 2. The molecule has 1 aliphatic rings. The Bertz CT molecular complexity index is 815. The lowest BCUT2D eigenvalue weighted by Gasteiger charge is -2.29. The minimum atomic E-state index is -0.681. The molecular weight excluding hydrogens is 332 g/mol. The van der Waals surface area contributed by atoms with Crippen LogP contribution in [0.4, 0.5) is 5.69 Å². The molecule has 6 nitrogen and oxygen atoms in total. The number of para-hydroxylation sites is 2. The van der Waals surface area contributed by atoms with Crippen LogP contribution < -0.4 is 15.0 Å². The fourth-order valence-electron chi connectivity index (χ4n) is 2.69. The van der Waals surface area contributed by atoms with Crippen molar-refractivity contribution in [3.05, 3.63) is 59.7 Å². The number of aliphatic hydroxyl groups is 1. The second-order valence-corrected chi connectivity index (χ2v) is 6.93. The van der Waals surface area contributed by atoms with Gasteiger partial charge in [-0.3, -0.25) is 9.59 Å². The van der Waals surface area contributed by atoms with Gasteiger partial charge >= 0.3 is 0 Å². The number of anilines is 1. The molecule has 0 aliphatic carbocycles. The van der Waals surface area contributed by atoms with Gasteiger partial charge in [0.05, 0.1) is 24.4 Å². The molecule has 1 heterocycles. The summed E-state index contributed by atoms with van der Waals surface area (Å²) in [6.07, 6.45) is 0. The zero-order valence-electron chi connectivity index (χ0n) is 14.9. The molecule has 0 saturated heterocycles. The summed E-state index contributed by atoms with van der Waals surface area (Å²) >= 11 is 0. The largest absolute Gasteiger partial charge is 0.482 e. The van der Waals surface area contributed by atoms with Crippen molar-refractivity contribution in [1.82, 2.24) is 5.32 Å². The average Bonchev–Trinajstić information content (AvgIpc) is 2.64. The highest BCUT2D eigenvalue weighted by molar-refractivity contribution is 5.98. The molecule has 2 amide bonds. The van der Waals surface area contributed by atoms with Crippen LogP contribution in [0.3, 0.4) is 0 Å². The molecule has 0 spiro atoms. The van der Waals surface area contributed by atoms with Crippen molar-refractivity contribution in [3.63, 3.8) is 0 Å². The molecule has 3 rings (SSSR count). The van der Waals surface area contributed by atoms with E-state index < -0.39 is 5.54 Å². The molecule has 0 aromatic heterocycles. The molecule has 6 heteroatoms. The molecule has 0 unspecified atom stereocenters. The van der Waals surface area contributed by atoms with Gasteiger partial charge in [0.2, 0.25) is 0 Å². The van der Waals surface area contributed by atoms with Crippen molar-refractivity contribution in [2.45, 2.75) is 25.9 Å². The number of nitrogens with zero attached hydrogens (tertiary/aromatic N) is 1. The molecule has 2 aromatic rings. The smallest absolute Gasteiger partial charge is 0.265 e. The van der Waals surface area contributed by atoms with E-state index in [0.29, 0.717) is 17.9 Å². The molecule has 0 saturated carbocycles. The first-order valence-electron chi connectivity index (χ1n) is 8.44. The Morgan fingerprint density at radius 2 is 1.88 bits per heavy atom. The van der Waals surface area contributed by atoms with Crippen LogP contribution in [0.25, 0.3) is 0 Å². The summed E-state index contributed by atoms with van der Waals surface area (Å²) < 4.78 is 5.45. The number of carbonyl (C=O) groups excluding carboxylic acids is 2. The standard InChI is InChI=1S/C20H22N2O4/c1-20(2,13-23)21-19(25)15-9-7-14(8-10-15)11-22-16-5-3-4-6-17(16)26-12-18(22)24/h3-10,23H,11-13H2,1-2H3,(H,21,25). The van der Waals surface area contributed by atoms with E-state index in [2.05, 4.69) is 5.32 Å². The zero-order valence-corrected chi connectivity index (χ0v) is 14.9. The third-order valence-corrected chi connectivity index (χ3v) is 4.21. The van der Waals surface area contributed by atoms with Crippen LogP contribution in [0.1, 0.15) is 29.8 Å². The zero-order chi connectivity index (χ0) is 18.7. The quantitative estimate of drug-likeness (QED) is 0.862. The number of amides is 2. The van der Waals surface area contributed by atoms with E-state index in [-0.39, 0.29) is 25.0 Å². The van der Waals surface area contributed by atoms with Crippen LogP contribution in [0.5, 0.6) is 5.75 Å². The highest BCUT2D eigenvalue weighted by Gasteiger charge is 2.25. The van der Waals surface area contributed by atoms with Crippen LogP contribution in [0.15, 0.2) is 48.5 Å². The van der Waals surface area contributed by atoms with Crippen LogP contribution in [0, 0.1) is 0 Å². The number of rotatable bonds is 5. The summed E-state index contributed by atoms with van der Waals surface area (Å²) in [6.45, 7) is 3.79. The summed E-state index contributed by atoms with van der Waals surface area (Å²) in [7, 11) is 0. The Labute approximate surface area is 152 Å². The predicted octanol–water partition coefficient (Wildman–Crippen LogP) is 2.11. The number of hydrogen-bond acceptors (Lipinski definition) is 4. The van der Waals surface area contributed by atoms with E-state index in [1.807, 2.05) is 36.4 Å². The van der Waals surface area contributed by atoms with Crippen LogP contribution >= 0.6 is 0 Å². The Kier molecular flexibility index (Phi) is 4.95. The minimum Gasteiger partial charge on any atom is -0.482 e. The Hall–Kier alpha value is -2.86. The van der Waals surface area contributed by atoms with Gasteiger partial charge in [-0.2, -0.15) is 0 Å². The first-order valence-corrected chi connectivity index (χ1v) is 8.44. The van der Waals surface area contributed by atoms with Gasteiger partial charge in [0.25, 0.3) is 11.8 Å². The van der Waals surface area contributed by atoms with Crippen LogP contribution in [-0.2, 0) is 11.3 Å². The third-order valence-electron chi connectivity index (χ3n) is 4.21. The maximum absolute atomic E-state index is 12.2. The maximum atomic E-state index is 12.2. The van der Waals surface area contributed by atoms with Gasteiger partial charge in [0.1, 0.15) is 5.75 Å². The van der Waals surface area contributed by atoms with E-state index in [0.717, 1.165) is 11.3 Å². The summed E-state index contributed by atoms with van der Waals surface area (Å²) in [5.41, 5.74) is 1.48. The lowest BCUT2D eigenvalue weighted by Crippen LogP contribution is -2.46. The van der Waals surface area contributed by atoms with Gasteiger partial charge < -0.3 is 20.1 Å². The van der Waals surface area contributed by atoms with E-state index in [4.69, 9.17) is 4.74 Å².